The van der Waals surface area contributed by atoms with Gasteiger partial charge >= 0.3 is 0 Å². The molecule has 1 aliphatic carbocycles. The maximum absolute atomic E-state index is 13.1. The van der Waals surface area contributed by atoms with Crippen LogP contribution in [0.15, 0.2) is 0 Å². The first-order chi connectivity index (χ1) is 4.55. The molecule has 0 aromatic heterocycles. The van der Waals surface area contributed by atoms with Gasteiger partial charge in [0.15, 0.2) is 5.67 Å². The standard InChI is InChI=1S/C8H12FN/c1-8(2,9)7(10-3)6-4-5-6/h6-7H,4-5H2,1-2H3. The molecule has 2 heteroatoms. The van der Waals surface area contributed by atoms with Crippen LogP contribution in [0.4, 0.5) is 4.39 Å². The molecule has 1 nitrogen and oxygen atoms in total. The van der Waals surface area contributed by atoms with Crippen molar-refractivity contribution in [3.05, 3.63) is 11.4 Å². The van der Waals surface area contributed by atoms with Crippen LogP contribution < -0.4 is 0 Å². The van der Waals surface area contributed by atoms with Crippen molar-refractivity contribution in [2.45, 2.75) is 38.4 Å². The lowest BCUT2D eigenvalue weighted by Crippen LogP contribution is -2.30. The van der Waals surface area contributed by atoms with E-state index in [9.17, 15) is 4.39 Å². The summed E-state index contributed by atoms with van der Waals surface area (Å²) >= 11 is 0. The van der Waals surface area contributed by atoms with Gasteiger partial charge in [-0.3, -0.25) is 0 Å². The Kier molecular flexibility index (Phi) is 1.68. The zero-order valence-corrected chi connectivity index (χ0v) is 6.39. The van der Waals surface area contributed by atoms with Gasteiger partial charge < -0.3 is 4.85 Å². The SMILES string of the molecule is [C-]#[N+]C(C1CC1)C(C)(C)F. The first-order valence-electron chi connectivity index (χ1n) is 3.61. The lowest BCUT2D eigenvalue weighted by Gasteiger charge is -2.15. The minimum absolute atomic E-state index is 0.345. The molecule has 1 unspecified atom stereocenters. The van der Waals surface area contributed by atoms with Crippen LogP contribution >= 0.6 is 0 Å². The topological polar surface area (TPSA) is 4.36 Å². The molecule has 0 amide bonds. The molecule has 1 fully saturated rings. The number of alkyl halides is 1. The zero-order chi connectivity index (χ0) is 7.78. The van der Waals surface area contributed by atoms with Gasteiger partial charge in [-0.05, 0) is 26.7 Å². The van der Waals surface area contributed by atoms with Gasteiger partial charge in [0, 0.05) is 5.92 Å². The first-order valence-corrected chi connectivity index (χ1v) is 3.61. The summed E-state index contributed by atoms with van der Waals surface area (Å²) < 4.78 is 13.1. The second kappa shape index (κ2) is 2.23. The van der Waals surface area contributed by atoms with E-state index < -0.39 is 11.7 Å². The summed E-state index contributed by atoms with van der Waals surface area (Å²) in [6.45, 7) is 9.76. The third kappa shape index (κ3) is 1.47. The van der Waals surface area contributed by atoms with E-state index in [0.29, 0.717) is 5.92 Å². The minimum atomic E-state index is -1.30. The average Bonchev–Trinajstić information content (AvgIpc) is 2.46. The Morgan fingerprint density at radius 3 is 2.20 bits per heavy atom. The van der Waals surface area contributed by atoms with E-state index in [1.165, 1.54) is 13.8 Å². The van der Waals surface area contributed by atoms with E-state index >= 15 is 0 Å². The predicted molar refractivity (Wildman–Crippen MR) is 38.3 cm³/mol. The van der Waals surface area contributed by atoms with Gasteiger partial charge in [0.1, 0.15) is 0 Å². The molecule has 1 saturated carbocycles. The van der Waals surface area contributed by atoms with Crippen molar-refractivity contribution in [3.63, 3.8) is 0 Å². The van der Waals surface area contributed by atoms with Crippen LogP contribution in [-0.4, -0.2) is 11.7 Å². The summed E-state index contributed by atoms with van der Waals surface area (Å²) in [7, 11) is 0. The van der Waals surface area contributed by atoms with Crippen molar-refractivity contribution in [1.82, 2.24) is 0 Å². The molecule has 10 heavy (non-hydrogen) atoms. The maximum Gasteiger partial charge on any atom is 0.259 e. The molecular formula is C8H12FN. The van der Waals surface area contributed by atoms with Crippen LogP contribution in [0.3, 0.4) is 0 Å². The Bertz CT molecular complexity index is 159. The van der Waals surface area contributed by atoms with E-state index in [1.807, 2.05) is 0 Å². The zero-order valence-electron chi connectivity index (χ0n) is 6.39. The fourth-order valence-electron chi connectivity index (χ4n) is 1.23. The van der Waals surface area contributed by atoms with Gasteiger partial charge in [-0.15, -0.1) is 0 Å². The number of rotatable bonds is 2. The number of hydrogen-bond donors (Lipinski definition) is 0. The van der Waals surface area contributed by atoms with Gasteiger partial charge in [0.05, 0.1) is 0 Å². The average molecular weight is 141 g/mol. The summed E-state index contributed by atoms with van der Waals surface area (Å²) in [6, 6.07) is -0.396. The van der Waals surface area contributed by atoms with Crippen LogP contribution in [0.2, 0.25) is 0 Å². The highest BCUT2D eigenvalue weighted by atomic mass is 19.1. The van der Waals surface area contributed by atoms with Crippen LogP contribution in [0.1, 0.15) is 26.7 Å². The summed E-state index contributed by atoms with van der Waals surface area (Å²) in [5.74, 6) is 0.345. The largest absolute Gasteiger partial charge is 0.310 e. The van der Waals surface area contributed by atoms with E-state index in [2.05, 4.69) is 4.85 Å². The summed E-state index contributed by atoms with van der Waals surface area (Å²) in [6.07, 6.45) is 2.08. The molecule has 0 radical (unpaired) electrons. The Morgan fingerprint density at radius 1 is 1.60 bits per heavy atom. The second-order valence-electron chi connectivity index (χ2n) is 3.48. The van der Waals surface area contributed by atoms with Gasteiger partial charge in [0.2, 0.25) is 0 Å². The highest BCUT2D eigenvalue weighted by molar-refractivity contribution is 5.02. The van der Waals surface area contributed by atoms with Crippen molar-refractivity contribution < 1.29 is 4.39 Å². The Balaban J connectivity index is 2.57. The third-order valence-electron chi connectivity index (χ3n) is 1.91. The molecule has 1 atom stereocenters. The summed E-state index contributed by atoms with van der Waals surface area (Å²) in [5.41, 5.74) is -1.30. The monoisotopic (exact) mass is 141 g/mol. The molecule has 0 N–H and O–H groups in total. The molecule has 0 aromatic rings. The second-order valence-corrected chi connectivity index (χ2v) is 3.48. The van der Waals surface area contributed by atoms with E-state index in [1.54, 1.807) is 0 Å². The van der Waals surface area contributed by atoms with Gasteiger partial charge in [-0.1, -0.05) is 0 Å². The van der Waals surface area contributed by atoms with Gasteiger partial charge in [0.25, 0.3) is 6.04 Å². The molecule has 0 saturated heterocycles. The normalized spacial score (nSPS) is 21.8. The molecule has 0 aliphatic heterocycles. The first kappa shape index (κ1) is 7.53. The number of hydrogen-bond acceptors (Lipinski definition) is 0. The molecular weight excluding hydrogens is 129 g/mol. The van der Waals surface area contributed by atoms with E-state index in [-0.39, 0.29) is 0 Å². The minimum Gasteiger partial charge on any atom is -0.310 e. The van der Waals surface area contributed by atoms with E-state index in [0.717, 1.165) is 12.8 Å². The van der Waals surface area contributed by atoms with Crippen molar-refractivity contribution in [1.29, 1.82) is 0 Å². The van der Waals surface area contributed by atoms with Crippen LogP contribution in [-0.2, 0) is 0 Å². The van der Waals surface area contributed by atoms with Crippen molar-refractivity contribution in [3.8, 4) is 0 Å². The molecule has 56 valence electrons. The smallest absolute Gasteiger partial charge is 0.259 e. The van der Waals surface area contributed by atoms with Crippen LogP contribution in [0.5, 0.6) is 0 Å². The number of halogens is 1. The van der Waals surface area contributed by atoms with E-state index in [4.69, 9.17) is 6.57 Å². The lowest BCUT2D eigenvalue weighted by atomic mass is 9.97. The summed E-state index contributed by atoms with van der Waals surface area (Å²) in [5, 5.41) is 0. The highest BCUT2D eigenvalue weighted by Crippen LogP contribution is 2.40. The van der Waals surface area contributed by atoms with Crippen LogP contribution in [0.25, 0.3) is 4.85 Å². The van der Waals surface area contributed by atoms with Crippen molar-refractivity contribution >= 4 is 0 Å². The van der Waals surface area contributed by atoms with Crippen molar-refractivity contribution in [2.75, 3.05) is 0 Å². The maximum atomic E-state index is 13.1. The third-order valence-corrected chi connectivity index (χ3v) is 1.91. The molecule has 0 bridgehead atoms. The van der Waals surface area contributed by atoms with Gasteiger partial charge in [-0.2, -0.15) is 0 Å². The number of nitrogens with zero attached hydrogens (tertiary/aromatic N) is 1. The fraction of sp³-hybridized carbons (Fsp3) is 0.875. The lowest BCUT2D eigenvalue weighted by molar-refractivity contribution is 0.180. The molecule has 1 rings (SSSR count). The molecule has 0 aromatic carbocycles. The fourth-order valence-corrected chi connectivity index (χ4v) is 1.23. The Labute approximate surface area is 61.1 Å². The highest BCUT2D eigenvalue weighted by Gasteiger charge is 2.46. The van der Waals surface area contributed by atoms with Gasteiger partial charge in [-0.25, -0.2) is 11.0 Å². The van der Waals surface area contributed by atoms with Crippen molar-refractivity contribution in [2.24, 2.45) is 5.92 Å². The predicted octanol–water partition coefficient (Wildman–Crippen LogP) is 2.43. The Morgan fingerprint density at radius 2 is 2.10 bits per heavy atom. The van der Waals surface area contributed by atoms with Crippen LogP contribution in [0, 0.1) is 12.5 Å². The molecule has 0 spiro atoms. The molecule has 0 heterocycles. The quantitative estimate of drug-likeness (QED) is 0.520. The summed E-state index contributed by atoms with van der Waals surface area (Å²) in [4.78, 5) is 3.30. The molecule has 1 aliphatic rings. The Hall–Kier alpha value is -0.580.